The third-order valence-corrected chi connectivity index (χ3v) is 2.97. The lowest BCUT2D eigenvalue weighted by Crippen LogP contribution is -2.11. The van der Waals surface area contributed by atoms with Crippen molar-refractivity contribution in [1.82, 2.24) is 0 Å². The summed E-state index contributed by atoms with van der Waals surface area (Å²) in [4.78, 5) is 0. The molecule has 0 bridgehead atoms. The number of benzene rings is 2. The van der Waals surface area contributed by atoms with Crippen LogP contribution in [0.1, 0.15) is 24.1 Å². The first-order valence-electron chi connectivity index (χ1n) is 5.95. The summed E-state index contributed by atoms with van der Waals surface area (Å²) in [6.45, 7) is 3.29. The maximum Gasteiger partial charge on any atom is 0.131 e. The normalized spacial score (nSPS) is 12.3. The van der Waals surface area contributed by atoms with Crippen LogP contribution in [0.5, 0.6) is 0 Å². The summed E-state index contributed by atoms with van der Waals surface area (Å²) in [6, 6.07) is 7.66. The number of hydrogen-bond acceptors (Lipinski definition) is 1. The molecule has 0 aromatic heterocycles. The minimum atomic E-state index is -0.598. The van der Waals surface area contributed by atoms with Gasteiger partial charge in [-0.2, -0.15) is 0 Å². The summed E-state index contributed by atoms with van der Waals surface area (Å²) in [5, 5.41) is 2.96. The minimum Gasteiger partial charge on any atom is -0.378 e. The molecule has 0 aliphatic rings. The van der Waals surface area contributed by atoms with Crippen LogP contribution in [0.2, 0.25) is 0 Å². The Hall–Kier alpha value is -1.97. The monoisotopic (exact) mass is 265 g/mol. The second-order valence-corrected chi connectivity index (χ2v) is 4.47. The van der Waals surface area contributed by atoms with Crippen LogP contribution in [0.4, 0.5) is 18.9 Å². The Morgan fingerprint density at radius 1 is 0.947 bits per heavy atom. The first-order chi connectivity index (χ1) is 8.99. The first kappa shape index (κ1) is 13.5. The van der Waals surface area contributed by atoms with E-state index >= 15 is 0 Å². The van der Waals surface area contributed by atoms with Gasteiger partial charge in [-0.1, -0.05) is 6.07 Å². The molecule has 0 saturated heterocycles. The molecule has 2 aromatic rings. The van der Waals surface area contributed by atoms with Gasteiger partial charge in [0.1, 0.15) is 17.5 Å². The van der Waals surface area contributed by atoms with Crippen molar-refractivity contribution in [2.75, 3.05) is 5.32 Å². The molecule has 0 spiro atoms. The lowest BCUT2D eigenvalue weighted by atomic mass is 10.1. The van der Waals surface area contributed by atoms with Gasteiger partial charge in [0.05, 0.1) is 6.04 Å². The molecule has 0 aliphatic carbocycles. The fraction of sp³-hybridized carbons (Fsp3) is 0.200. The van der Waals surface area contributed by atoms with Crippen molar-refractivity contribution in [1.29, 1.82) is 0 Å². The molecular weight excluding hydrogens is 251 g/mol. The average Bonchev–Trinajstić information content (AvgIpc) is 2.33. The van der Waals surface area contributed by atoms with Crippen molar-refractivity contribution >= 4 is 5.69 Å². The molecular formula is C15H14F3N. The van der Waals surface area contributed by atoms with E-state index < -0.39 is 17.7 Å². The molecule has 0 aliphatic heterocycles. The van der Waals surface area contributed by atoms with Crippen LogP contribution in [0.25, 0.3) is 0 Å². The van der Waals surface area contributed by atoms with Crippen molar-refractivity contribution in [3.63, 3.8) is 0 Å². The largest absolute Gasteiger partial charge is 0.378 e. The molecule has 0 radical (unpaired) electrons. The summed E-state index contributed by atoms with van der Waals surface area (Å²) in [6.07, 6.45) is 0. The average molecular weight is 265 g/mol. The van der Waals surface area contributed by atoms with E-state index in [-0.39, 0.29) is 11.4 Å². The van der Waals surface area contributed by atoms with Crippen molar-refractivity contribution in [3.05, 3.63) is 65.0 Å². The lowest BCUT2D eigenvalue weighted by molar-refractivity contribution is 0.544. The number of halogens is 3. The molecule has 19 heavy (non-hydrogen) atoms. The molecule has 0 fully saturated rings. The fourth-order valence-electron chi connectivity index (χ4n) is 1.98. The maximum atomic E-state index is 13.6. The second-order valence-electron chi connectivity index (χ2n) is 4.47. The molecule has 0 heterocycles. The van der Waals surface area contributed by atoms with Crippen LogP contribution in [-0.2, 0) is 0 Å². The van der Waals surface area contributed by atoms with Crippen LogP contribution in [0.15, 0.2) is 36.4 Å². The molecule has 1 unspecified atom stereocenters. The van der Waals surface area contributed by atoms with Gasteiger partial charge >= 0.3 is 0 Å². The molecule has 1 N–H and O–H groups in total. The van der Waals surface area contributed by atoms with E-state index in [4.69, 9.17) is 0 Å². The van der Waals surface area contributed by atoms with Gasteiger partial charge in [0.25, 0.3) is 0 Å². The van der Waals surface area contributed by atoms with E-state index in [0.717, 1.165) is 0 Å². The van der Waals surface area contributed by atoms with E-state index in [1.54, 1.807) is 19.9 Å². The molecule has 0 amide bonds. The predicted molar refractivity (Wildman–Crippen MR) is 69.5 cm³/mol. The third kappa shape index (κ3) is 2.89. The van der Waals surface area contributed by atoms with Gasteiger partial charge in [0.15, 0.2) is 0 Å². The topological polar surface area (TPSA) is 12.0 Å². The second kappa shape index (κ2) is 5.34. The Labute approximate surface area is 110 Å². The third-order valence-electron chi connectivity index (χ3n) is 2.97. The number of nitrogens with one attached hydrogen (secondary N) is 1. The molecule has 1 nitrogen and oxygen atoms in total. The van der Waals surface area contributed by atoms with Crippen molar-refractivity contribution in [3.8, 4) is 0 Å². The zero-order chi connectivity index (χ0) is 14.0. The highest BCUT2D eigenvalue weighted by Crippen LogP contribution is 2.25. The Bertz CT molecular complexity index is 576. The van der Waals surface area contributed by atoms with Crippen LogP contribution in [0, 0.1) is 24.4 Å². The number of rotatable bonds is 3. The summed E-state index contributed by atoms with van der Waals surface area (Å²) >= 11 is 0. The lowest BCUT2D eigenvalue weighted by Gasteiger charge is -2.17. The molecule has 4 heteroatoms. The van der Waals surface area contributed by atoms with E-state index in [0.29, 0.717) is 11.3 Å². The number of anilines is 1. The van der Waals surface area contributed by atoms with Crippen molar-refractivity contribution < 1.29 is 13.2 Å². The Morgan fingerprint density at radius 2 is 1.58 bits per heavy atom. The number of hydrogen-bond donors (Lipinski definition) is 1. The van der Waals surface area contributed by atoms with Gasteiger partial charge in [-0.05, 0) is 49.7 Å². The fourth-order valence-corrected chi connectivity index (χ4v) is 1.98. The van der Waals surface area contributed by atoms with E-state index in [9.17, 15) is 13.2 Å². The van der Waals surface area contributed by atoms with Crippen LogP contribution >= 0.6 is 0 Å². The van der Waals surface area contributed by atoms with Gasteiger partial charge in [-0.15, -0.1) is 0 Å². The van der Waals surface area contributed by atoms with Gasteiger partial charge in [-0.25, -0.2) is 13.2 Å². The maximum absolute atomic E-state index is 13.6. The van der Waals surface area contributed by atoms with E-state index in [2.05, 4.69) is 5.32 Å². The predicted octanol–water partition coefficient (Wildman–Crippen LogP) is 4.59. The van der Waals surface area contributed by atoms with E-state index in [1.165, 1.54) is 30.3 Å². The molecule has 2 aromatic carbocycles. The van der Waals surface area contributed by atoms with Gasteiger partial charge < -0.3 is 5.32 Å². The Kier molecular flexibility index (Phi) is 3.79. The van der Waals surface area contributed by atoms with Crippen molar-refractivity contribution in [2.24, 2.45) is 0 Å². The Balaban J connectivity index is 2.25. The van der Waals surface area contributed by atoms with Crippen LogP contribution in [-0.4, -0.2) is 0 Å². The molecule has 2 rings (SSSR count). The Morgan fingerprint density at radius 3 is 2.16 bits per heavy atom. The number of aryl methyl sites for hydroxylation is 1. The quantitative estimate of drug-likeness (QED) is 0.856. The zero-order valence-corrected chi connectivity index (χ0v) is 10.7. The van der Waals surface area contributed by atoms with Crippen molar-refractivity contribution in [2.45, 2.75) is 19.9 Å². The van der Waals surface area contributed by atoms with E-state index in [1.807, 2.05) is 0 Å². The minimum absolute atomic E-state index is 0.0236. The van der Waals surface area contributed by atoms with Gasteiger partial charge in [-0.3, -0.25) is 0 Å². The van der Waals surface area contributed by atoms with Crippen LogP contribution < -0.4 is 5.32 Å². The molecule has 0 saturated carbocycles. The smallest absolute Gasteiger partial charge is 0.131 e. The molecule has 100 valence electrons. The highest BCUT2D eigenvalue weighted by Gasteiger charge is 2.15. The summed E-state index contributed by atoms with van der Waals surface area (Å²) < 4.78 is 40.4. The highest BCUT2D eigenvalue weighted by atomic mass is 19.1. The molecule has 1 atom stereocenters. The standard InChI is InChI=1S/C15H14F3N/c1-9-8-11(6-7-12(9)16)19-10(2)15-13(17)4-3-5-14(15)18/h3-8,10,19H,1-2H3. The summed E-state index contributed by atoms with van der Waals surface area (Å²) in [5.41, 5.74) is 1.07. The van der Waals surface area contributed by atoms with Crippen LogP contribution in [0.3, 0.4) is 0 Å². The highest BCUT2D eigenvalue weighted by molar-refractivity contribution is 5.48. The zero-order valence-electron chi connectivity index (χ0n) is 10.7. The first-order valence-corrected chi connectivity index (χ1v) is 5.95. The SMILES string of the molecule is Cc1cc(NC(C)c2c(F)cccc2F)ccc1F. The summed E-state index contributed by atoms with van der Waals surface area (Å²) in [5.74, 6) is -1.51. The summed E-state index contributed by atoms with van der Waals surface area (Å²) in [7, 11) is 0. The van der Waals surface area contributed by atoms with Gasteiger partial charge in [0, 0.05) is 11.3 Å². The van der Waals surface area contributed by atoms with Gasteiger partial charge in [0.2, 0.25) is 0 Å².